The summed E-state index contributed by atoms with van der Waals surface area (Å²) in [5.74, 6) is 0. The molecule has 0 bridgehead atoms. The smallest absolute Gasteiger partial charge is 0.263 e. The molecular weight excluding hydrogens is 200 g/mol. The lowest BCUT2D eigenvalue weighted by Crippen LogP contribution is -1.94. The van der Waals surface area contributed by atoms with Crippen LogP contribution >= 0.6 is 0 Å². The van der Waals surface area contributed by atoms with Crippen molar-refractivity contribution in [2.24, 2.45) is 0 Å². The molecule has 14 heavy (non-hydrogen) atoms. The van der Waals surface area contributed by atoms with Crippen LogP contribution in [0.4, 0.5) is 17.6 Å². The molecule has 0 aliphatic rings. The third kappa shape index (κ3) is 2.45. The van der Waals surface area contributed by atoms with Crippen LogP contribution in [0.15, 0.2) is 18.2 Å². The van der Waals surface area contributed by atoms with Gasteiger partial charge in [0.1, 0.15) is 0 Å². The molecule has 0 aliphatic carbocycles. The minimum atomic E-state index is -2.81. The zero-order chi connectivity index (χ0) is 10.7. The Hall–Kier alpha value is -1.10. The summed E-state index contributed by atoms with van der Waals surface area (Å²) < 4.78 is 48.8. The predicted molar refractivity (Wildman–Crippen MR) is 42.3 cm³/mol. The first-order valence-corrected chi connectivity index (χ1v) is 3.85. The molecule has 0 atom stereocenters. The van der Waals surface area contributed by atoms with Gasteiger partial charge in [-0.1, -0.05) is 0 Å². The van der Waals surface area contributed by atoms with E-state index in [1.807, 2.05) is 0 Å². The molecule has 0 unspecified atom stereocenters. The van der Waals surface area contributed by atoms with Crippen LogP contribution in [0.3, 0.4) is 0 Å². The summed E-state index contributed by atoms with van der Waals surface area (Å²) in [6.07, 6.45) is -5.61. The third-order valence-corrected chi connectivity index (χ3v) is 1.72. The maximum absolute atomic E-state index is 12.2. The Bertz CT molecular complexity index is 285. The van der Waals surface area contributed by atoms with E-state index in [0.29, 0.717) is 0 Å². The Morgan fingerprint density at radius 3 is 1.64 bits per heavy atom. The Balaban J connectivity index is 3.13. The van der Waals surface area contributed by atoms with Crippen molar-refractivity contribution in [3.8, 4) is 0 Å². The lowest BCUT2D eigenvalue weighted by molar-refractivity contribution is 0.143. The average Bonchev–Trinajstić information content (AvgIpc) is 2.16. The molecule has 1 aromatic rings. The van der Waals surface area contributed by atoms with E-state index >= 15 is 0 Å². The van der Waals surface area contributed by atoms with Crippen molar-refractivity contribution in [1.29, 1.82) is 0 Å². The molecule has 0 aliphatic heterocycles. The summed E-state index contributed by atoms with van der Waals surface area (Å²) in [6.45, 7) is -0.528. The molecule has 0 radical (unpaired) electrons. The number of benzene rings is 1. The summed E-state index contributed by atoms with van der Waals surface area (Å²) in [4.78, 5) is 0. The van der Waals surface area contributed by atoms with E-state index in [1.165, 1.54) is 0 Å². The summed E-state index contributed by atoms with van der Waals surface area (Å²) >= 11 is 0. The molecule has 0 fully saturated rings. The maximum Gasteiger partial charge on any atom is 0.263 e. The Labute approximate surface area is 78.0 Å². The van der Waals surface area contributed by atoms with Crippen molar-refractivity contribution in [2.45, 2.75) is 19.5 Å². The van der Waals surface area contributed by atoms with Gasteiger partial charge < -0.3 is 5.11 Å². The van der Waals surface area contributed by atoms with E-state index in [2.05, 4.69) is 0 Å². The van der Waals surface area contributed by atoms with Gasteiger partial charge in [-0.25, -0.2) is 17.6 Å². The van der Waals surface area contributed by atoms with E-state index in [-0.39, 0.29) is 5.56 Å². The number of halogens is 4. The van der Waals surface area contributed by atoms with Gasteiger partial charge in [-0.05, 0) is 23.8 Å². The zero-order valence-electron chi connectivity index (χ0n) is 7.05. The molecule has 0 saturated heterocycles. The second-order valence-corrected chi connectivity index (χ2v) is 2.77. The van der Waals surface area contributed by atoms with Crippen LogP contribution in [0.2, 0.25) is 0 Å². The number of aliphatic hydroxyl groups excluding tert-OH is 1. The molecule has 0 amide bonds. The quantitative estimate of drug-likeness (QED) is 0.757. The van der Waals surface area contributed by atoms with Crippen molar-refractivity contribution in [3.63, 3.8) is 0 Å². The van der Waals surface area contributed by atoms with Crippen LogP contribution in [-0.4, -0.2) is 5.11 Å². The highest BCUT2D eigenvalue weighted by Crippen LogP contribution is 2.26. The van der Waals surface area contributed by atoms with Gasteiger partial charge in [-0.15, -0.1) is 0 Å². The molecular formula is C9H8F4O. The van der Waals surface area contributed by atoms with Crippen molar-refractivity contribution in [2.75, 3.05) is 0 Å². The van der Waals surface area contributed by atoms with Crippen molar-refractivity contribution >= 4 is 0 Å². The third-order valence-electron chi connectivity index (χ3n) is 1.72. The summed E-state index contributed by atoms with van der Waals surface area (Å²) in [5, 5.41) is 8.66. The highest BCUT2D eigenvalue weighted by atomic mass is 19.3. The molecule has 1 aromatic carbocycles. The number of hydrogen-bond donors (Lipinski definition) is 1. The van der Waals surface area contributed by atoms with Crippen LogP contribution < -0.4 is 0 Å². The fourth-order valence-corrected chi connectivity index (χ4v) is 1.09. The topological polar surface area (TPSA) is 20.2 Å². The first-order valence-electron chi connectivity index (χ1n) is 3.85. The Morgan fingerprint density at radius 1 is 0.929 bits per heavy atom. The van der Waals surface area contributed by atoms with Crippen LogP contribution in [0.1, 0.15) is 29.5 Å². The first-order chi connectivity index (χ1) is 6.54. The van der Waals surface area contributed by atoms with E-state index in [1.54, 1.807) is 0 Å². The molecule has 1 rings (SSSR count). The average molecular weight is 208 g/mol. The Morgan fingerprint density at radius 2 is 1.36 bits per heavy atom. The van der Waals surface area contributed by atoms with Crippen LogP contribution in [0.25, 0.3) is 0 Å². The number of aliphatic hydroxyl groups is 1. The fourth-order valence-electron chi connectivity index (χ4n) is 1.09. The van der Waals surface area contributed by atoms with E-state index in [9.17, 15) is 17.6 Å². The molecule has 0 spiro atoms. The molecule has 1 N–H and O–H groups in total. The van der Waals surface area contributed by atoms with Crippen molar-refractivity contribution in [3.05, 3.63) is 34.9 Å². The van der Waals surface area contributed by atoms with Gasteiger partial charge >= 0.3 is 0 Å². The van der Waals surface area contributed by atoms with Crippen LogP contribution in [0.5, 0.6) is 0 Å². The maximum atomic E-state index is 12.2. The molecule has 0 heterocycles. The Kier molecular flexibility index (Phi) is 3.46. The normalized spacial score (nSPS) is 11.4. The largest absolute Gasteiger partial charge is 0.392 e. The predicted octanol–water partition coefficient (Wildman–Crippen LogP) is 3.05. The van der Waals surface area contributed by atoms with Gasteiger partial charge in [0.05, 0.1) is 6.61 Å². The van der Waals surface area contributed by atoms with Gasteiger partial charge in [0.25, 0.3) is 12.9 Å². The van der Waals surface area contributed by atoms with Crippen LogP contribution in [0, 0.1) is 0 Å². The van der Waals surface area contributed by atoms with Gasteiger partial charge in [0, 0.05) is 11.1 Å². The van der Waals surface area contributed by atoms with Gasteiger partial charge in [-0.3, -0.25) is 0 Å². The summed E-state index contributed by atoms with van der Waals surface area (Å²) in [6, 6.07) is 2.77. The lowest BCUT2D eigenvalue weighted by Gasteiger charge is -2.06. The lowest BCUT2D eigenvalue weighted by atomic mass is 10.1. The first kappa shape index (κ1) is 11.0. The number of rotatable bonds is 3. The SMILES string of the molecule is OCc1cc(C(F)F)cc(C(F)F)c1. The molecule has 0 aromatic heterocycles. The highest BCUT2D eigenvalue weighted by molar-refractivity contribution is 5.31. The molecule has 78 valence electrons. The summed E-state index contributed by atoms with van der Waals surface area (Å²) in [7, 11) is 0. The molecule has 0 saturated carbocycles. The minimum Gasteiger partial charge on any atom is -0.392 e. The van der Waals surface area contributed by atoms with Gasteiger partial charge in [-0.2, -0.15) is 0 Å². The highest BCUT2D eigenvalue weighted by Gasteiger charge is 2.14. The minimum absolute atomic E-state index is 0.0677. The number of alkyl halides is 4. The second-order valence-electron chi connectivity index (χ2n) is 2.77. The van der Waals surface area contributed by atoms with Crippen molar-refractivity contribution in [1.82, 2.24) is 0 Å². The molecule has 1 nitrogen and oxygen atoms in total. The fraction of sp³-hybridized carbons (Fsp3) is 0.333. The van der Waals surface area contributed by atoms with E-state index in [0.717, 1.165) is 18.2 Å². The standard InChI is InChI=1S/C9H8F4O/c10-8(11)6-1-5(4-14)2-7(3-6)9(12)13/h1-3,8-9,14H,4H2. The molecule has 5 heteroatoms. The zero-order valence-corrected chi connectivity index (χ0v) is 7.05. The van der Waals surface area contributed by atoms with Crippen LogP contribution in [-0.2, 0) is 6.61 Å². The summed E-state index contributed by atoms with van der Waals surface area (Å²) in [5.41, 5.74) is -0.920. The second kappa shape index (κ2) is 4.41. The van der Waals surface area contributed by atoms with Gasteiger partial charge in [0.2, 0.25) is 0 Å². The van der Waals surface area contributed by atoms with Crippen molar-refractivity contribution < 1.29 is 22.7 Å². The van der Waals surface area contributed by atoms with Gasteiger partial charge in [0.15, 0.2) is 0 Å². The van der Waals surface area contributed by atoms with E-state index < -0.39 is 30.6 Å². The number of hydrogen-bond acceptors (Lipinski definition) is 1. The monoisotopic (exact) mass is 208 g/mol. The van der Waals surface area contributed by atoms with E-state index in [4.69, 9.17) is 5.11 Å².